The van der Waals surface area contributed by atoms with E-state index >= 15 is 0 Å². The fourth-order valence-electron chi connectivity index (χ4n) is 4.55. The molecule has 5 atom stereocenters. The van der Waals surface area contributed by atoms with Crippen molar-refractivity contribution in [1.29, 1.82) is 0 Å². The molecular formula is C29H46N4O14. The predicted octanol–water partition coefficient (Wildman–Crippen LogP) is -2.77. The first kappa shape index (κ1) is 39.6. The number of carbonyl (C=O) groups excluding carboxylic acids is 7. The largest absolute Gasteiger partial charge is 0.394 e. The summed E-state index contributed by atoms with van der Waals surface area (Å²) in [7, 11) is 0. The quantitative estimate of drug-likeness (QED) is 0.0453. The van der Waals surface area contributed by atoms with Gasteiger partial charge in [0, 0.05) is 58.0 Å². The van der Waals surface area contributed by atoms with Crippen molar-refractivity contribution in [2.24, 2.45) is 0 Å². The minimum Gasteiger partial charge on any atom is -0.394 e. The summed E-state index contributed by atoms with van der Waals surface area (Å²) in [6.45, 7) is -0.354. The smallest absolute Gasteiger partial charge is 0.333 e. The van der Waals surface area contributed by atoms with Gasteiger partial charge in [0.1, 0.15) is 24.4 Å². The second-order valence-electron chi connectivity index (χ2n) is 11.1. The molecule has 2 heterocycles. The minimum atomic E-state index is -1.55. The van der Waals surface area contributed by atoms with Crippen molar-refractivity contribution < 1.29 is 68.3 Å². The Morgan fingerprint density at radius 2 is 1.32 bits per heavy atom. The molecule has 3 unspecified atom stereocenters. The Kier molecular flexibility index (Phi) is 18.0. The summed E-state index contributed by atoms with van der Waals surface area (Å²) < 4.78 is 10.5. The van der Waals surface area contributed by atoms with E-state index in [2.05, 4.69) is 16.0 Å². The first-order valence-corrected chi connectivity index (χ1v) is 15.7. The van der Waals surface area contributed by atoms with Crippen molar-refractivity contribution in [3.63, 3.8) is 0 Å². The van der Waals surface area contributed by atoms with Gasteiger partial charge in [-0.3, -0.25) is 28.8 Å². The summed E-state index contributed by atoms with van der Waals surface area (Å²) in [6, 6.07) is 0. The van der Waals surface area contributed by atoms with Crippen LogP contribution in [0.15, 0.2) is 0 Å². The third-order valence-corrected chi connectivity index (χ3v) is 7.30. The molecule has 18 heteroatoms. The van der Waals surface area contributed by atoms with Crippen molar-refractivity contribution in [2.45, 2.75) is 108 Å². The minimum absolute atomic E-state index is 0.00314. The molecule has 2 rings (SSSR count). The molecule has 0 bridgehead atoms. The van der Waals surface area contributed by atoms with Crippen LogP contribution in [0.25, 0.3) is 0 Å². The average molecular weight is 675 g/mol. The van der Waals surface area contributed by atoms with Crippen LogP contribution in [0.3, 0.4) is 0 Å². The van der Waals surface area contributed by atoms with Gasteiger partial charge in [0.05, 0.1) is 19.8 Å². The Morgan fingerprint density at radius 1 is 0.723 bits per heavy atom. The highest BCUT2D eigenvalue weighted by Crippen LogP contribution is 2.21. The van der Waals surface area contributed by atoms with Crippen LogP contribution in [0.1, 0.15) is 77.0 Å². The summed E-state index contributed by atoms with van der Waals surface area (Å²) in [6.07, 6.45) is -4.28. The molecule has 47 heavy (non-hydrogen) atoms. The zero-order valence-electron chi connectivity index (χ0n) is 26.2. The first-order valence-electron chi connectivity index (χ1n) is 15.7. The van der Waals surface area contributed by atoms with E-state index in [1.165, 1.54) is 0 Å². The van der Waals surface area contributed by atoms with E-state index in [0.717, 1.165) is 0 Å². The topological polar surface area (TPSA) is 267 Å². The molecule has 0 aromatic heterocycles. The second kappa shape index (κ2) is 21.3. The number of ketones is 1. The number of unbranched alkanes of at least 4 members (excludes halogenated alkanes) is 3. The molecule has 2 fully saturated rings. The number of hydrogen-bond acceptors (Lipinski definition) is 14. The van der Waals surface area contributed by atoms with Crippen LogP contribution in [-0.2, 0) is 47.9 Å². The average Bonchev–Trinajstić information content (AvgIpc) is 3.36. The van der Waals surface area contributed by atoms with E-state index in [9.17, 15) is 54.0 Å². The van der Waals surface area contributed by atoms with Gasteiger partial charge in [-0.1, -0.05) is 6.42 Å². The molecule has 2 aliphatic rings. The molecule has 0 aromatic rings. The van der Waals surface area contributed by atoms with Gasteiger partial charge in [-0.25, -0.2) is 4.79 Å². The van der Waals surface area contributed by atoms with Gasteiger partial charge >= 0.3 is 5.97 Å². The van der Waals surface area contributed by atoms with E-state index in [0.29, 0.717) is 37.3 Å². The second-order valence-corrected chi connectivity index (χ2v) is 11.1. The Labute approximate surface area is 271 Å². The Balaban J connectivity index is 1.40. The molecular weight excluding hydrogens is 628 g/mol. The van der Waals surface area contributed by atoms with Crippen LogP contribution in [0.4, 0.5) is 0 Å². The van der Waals surface area contributed by atoms with Crippen molar-refractivity contribution in [3.05, 3.63) is 0 Å². The van der Waals surface area contributed by atoms with Crippen molar-refractivity contribution in [3.8, 4) is 0 Å². The zero-order chi connectivity index (χ0) is 34.8. The zero-order valence-corrected chi connectivity index (χ0v) is 26.2. The number of carbonyl (C=O) groups is 7. The normalized spacial score (nSPS) is 22.6. The lowest BCUT2D eigenvalue weighted by molar-refractivity contribution is -0.300. The summed E-state index contributed by atoms with van der Waals surface area (Å²) >= 11 is 0. The summed E-state index contributed by atoms with van der Waals surface area (Å²) in [5.74, 6) is -3.14. The Hall–Kier alpha value is -3.55. The number of ether oxygens (including phenoxy) is 2. The highest BCUT2D eigenvalue weighted by atomic mass is 16.7. The Morgan fingerprint density at radius 3 is 2.00 bits per heavy atom. The number of imide groups is 1. The van der Waals surface area contributed by atoms with E-state index in [1.807, 2.05) is 0 Å². The van der Waals surface area contributed by atoms with Crippen LogP contribution < -0.4 is 16.0 Å². The molecule has 2 saturated heterocycles. The van der Waals surface area contributed by atoms with Crippen molar-refractivity contribution in [2.75, 3.05) is 32.8 Å². The van der Waals surface area contributed by atoms with Crippen LogP contribution >= 0.6 is 0 Å². The molecule has 266 valence electrons. The van der Waals surface area contributed by atoms with Gasteiger partial charge in [0.15, 0.2) is 12.1 Å². The maximum absolute atomic E-state index is 12.0. The van der Waals surface area contributed by atoms with Gasteiger partial charge in [0.2, 0.25) is 17.7 Å². The third-order valence-electron chi connectivity index (χ3n) is 7.30. The van der Waals surface area contributed by atoms with Gasteiger partial charge in [-0.15, -0.1) is 5.06 Å². The van der Waals surface area contributed by atoms with Gasteiger partial charge < -0.3 is 50.7 Å². The highest BCUT2D eigenvalue weighted by molar-refractivity contribution is 6.01. The molecule has 0 radical (unpaired) electrons. The number of aliphatic hydroxyl groups is 4. The summed E-state index contributed by atoms with van der Waals surface area (Å²) in [4.78, 5) is 87.2. The fourth-order valence-corrected chi connectivity index (χ4v) is 4.55. The lowest BCUT2D eigenvalue weighted by Gasteiger charge is -2.39. The number of Topliss-reactive ketones (excluding diaryl/α,β-unsaturated/α-hetero) is 1. The molecule has 0 aliphatic carbocycles. The predicted molar refractivity (Wildman–Crippen MR) is 157 cm³/mol. The number of hydrogen-bond donors (Lipinski definition) is 7. The summed E-state index contributed by atoms with van der Waals surface area (Å²) in [5.41, 5.74) is 0. The standard InChI is InChI=1S/C29H46N4O14/c34-17-19-26(42)27(43)28(44)29(46-19)45-15-14-31-20(36)6-2-1-5-13-30-22(38)10-9-18(35)16-32-21(37)7-3-4-8-25(41)47-33-23(39)11-12-24(33)40/h19,26-29,34,42-44H,1-17H2,(H,30,38)(H,31,36)(H,32,37)/t19?,26-,27?,28?,29+/m1/s1. The van der Waals surface area contributed by atoms with Crippen molar-refractivity contribution in [1.82, 2.24) is 21.0 Å². The van der Waals surface area contributed by atoms with E-state index in [4.69, 9.17) is 14.3 Å². The van der Waals surface area contributed by atoms with E-state index in [-0.39, 0.29) is 88.7 Å². The molecule has 7 N–H and O–H groups in total. The number of aliphatic hydroxyl groups excluding tert-OH is 4. The monoisotopic (exact) mass is 674 g/mol. The first-order chi connectivity index (χ1) is 22.4. The maximum atomic E-state index is 12.0. The maximum Gasteiger partial charge on any atom is 0.333 e. The molecule has 2 aliphatic heterocycles. The number of rotatable bonds is 22. The molecule has 18 nitrogen and oxygen atoms in total. The van der Waals surface area contributed by atoms with Crippen LogP contribution in [0, 0.1) is 0 Å². The number of nitrogens with zero attached hydrogens (tertiary/aromatic N) is 1. The van der Waals surface area contributed by atoms with E-state index < -0.39 is 61.0 Å². The van der Waals surface area contributed by atoms with Crippen LogP contribution in [0.2, 0.25) is 0 Å². The molecule has 5 amide bonds. The fraction of sp³-hybridized carbons (Fsp3) is 0.759. The number of nitrogens with one attached hydrogen (secondary N) is 3. The number of amides is 5. The Bertz CT molecular complexity index is 1070. The lowest BCUT2D eigenvalue weighted by atomic mass is 9.99. The van der Waals surface area contributed by atoms with E-state index in [1.54, 1.807) is 0 Å². The SMILES string of the molecule is O=C(CCC(=O)NCCCCCC(=O)NCCO[C@H]1OC(CO)[C@@H](O)C(O)C1O)CNC(=O)CCCCC(=O)ON1C(=O)CCC1=O. The van der Waals surface area contributed by atoms with Crippen LogP contribution in [-0.4, -0.2) is 130 Å². The molecule has 0 aromatic carbocycles. The highest BCUT2D eigenvalue weighted by Gasteiger charge is 2.44. The van der Waals surface area contributed by atoms with Crippen LogP contribution in [0.5, 0.6) is 0 Å². The third kappa shape index (κ3) is 14.8. The molecule has 0 saturated carbocycles. The van der Waals surface area contributed by atoms with Gasteiger partial charge in [0.25, 0.3) is 11.8 Å². The molecule has 0 spiro atoms. The number of hydroxylamine groups is 2. The van der Waals surface area contributed by atoms with Gasteiger partial charge in [-0.05, 0) is 25.7 Å². The lowest BCUT2D eigenvalue weighted by Crippen LogP contribution is -2.59. The van der Waals surface area contributed by atoms with Gasteiger partial charge in [-0.2, -0.15) is 0 Å². The van der Waals surface area contributed by atoms with Crippen molar-refractivity contribution >= 4 is 41.3 Å². The summed E-state index contributed by atoms with van der Waals surface area (Å²) in [5, 5.41) is 46.9.